The van der Waals surface area contributed by atoms with Gasteiger partial charge in [0.25, 0.3) is 26.7 Å². The van der Waals surface area contributed by atoms with Gasteiger partial charge < -0.3 is 0 Å². The Balaban J connectivity index is 0.000000320. The van der Waals surface area contributed by atoms with E-state index in [-0.39, 0.29) is 10.5 Å². The molecular weight excluding hydrogens is 476 g/mol. The number of hydrogen-bond donors (Lipinski definition) is 1. The molecule has 0 saturated heterocycles. The molecule has 0 saturated carbocycles. The van der Waals surface area contributed by atoms with Crippen LogP contribution in [-0.2, 0) is 24.4 Å². The van der Waals surface area contributed by atoms with E-state index in [2.05, 4.69) is 4.18 Å². The first-order valence-electron chi connectivity index (χ1n) is 8.72. The van der Waals surface area contributed by atoms with Crippen LogP contribution in [0.5, 0.6) is 0 Å². The van der Waals surface area contributed by atoms with E-state index in [1.165, 1.54) is 37.3 Å². The predicted octanol–water partition coefficient (Wildman–Crippen LogP) is 5.19. The first-order chi connectivity index (χ1) is 14.8. The topological polar surface area (TPSA) is 97.7 Å². The molecule has 0 aliphatic carbocycles. The zero-order chi connectivity index (χ0) is 24.5. The highest BCUT2D eigenvalue weighted by atomic mass is 32.2. The molecule has 0 fully saturated rings. The highest BCUT2D eigenvalue weighted by Crippen LogP contribution is 2.27. The zero-order valence-electron chi connectivity index (χ0n) is 16.8. The first kappa shape index (κ1) is 27.5. The third-order valence-electron chi connectivity index (χ3n) is 3.83. The lowest BCUT2D eigenvalue weighted by molar-refractivity contribution is -0.0436. The lowest BCUT2D eigenvalue weighted by atomic mass is 10.1. The normalized spacial score (nSPS) is 13.5. The van der Waals surface area contributed by atoms with E-state index in [0.717, 1.165) is 6.92 Å². The summed E-state index contributed by atoms with van der Waals surface area (Å²) in [5.74, 6) is 0. The molecule has 2 aromatic rings. The van der Waals surface area contributed by atoms with Gasteiger partial charge in [-0.1, -0.05) is 60.7 Å². The van der Waals surface area contributed by atoms with Crippen molar-refractivity contribution < 1.29 is 43.1 Å². The molecule has 0 aliphatic heterocycles. The number of allylic oxidation sites excluding steroid dienone is 3. The lowest BCUT2D eigenvalue weighted by Crippen LogP contribution is -2.10. The molecule has 0 atom stereocenters. The quantitative estimate of drug-likeness (QED) is 0.322. The molecule has 176 valence electrons. The van der Waals surface area contributed by atoms with Gasteiger partial charge in [0, 0.05) is 5.57 Å². The van der Waals surface area contributed by atoms with Crippen LogP contribution in [0.3, 0.4) is 0 Å². The fourth-order valence-electron chi connectivity index (χ4n) is 2.27. The molecule has 2 rings (SSSR count). The maximum Gasteiger partial charge on any atom is 0.359 e. The van der Waals surface area contributed by atoms with Crippen LogP contribution in [0.2, 0.25) is 0 Å². The van der Waals surface area contributed by atoms with E-state index < -0.39 is 43.8 Å². The Morgan fingerprint density at radius 1 is 0.875 bits per heavy atom. The van der Waals surface area contributed by atoms with Gasteiger partial charge in [-0.05, 0) is 31.1 Å². The molecule has 32 heavy (non-hydrogen) atoms. The maximum atomic E-state index is 12.7. The fourth-order valence-corrected chi connectivity index (χ4v) is 3.38. The Hall–Kier alpha value is -2.54. The van der Waals surface area contributed by atoms with Gasteiger partial charge in [-0.3, -0.25) is 4.55 Å². The zero-order valence-corrected chi connectivity index (χ0v) is 18.5. The third-order valence-corrected chi connectivity index (χ3v) is 6.13. The van der Waals surface area contributed by atoms with Crippen LogP contribution in [0.15, 0.2) is 70.5 Å². The first-order valence-corrected chi connectivity index (χ1v) is 11.6. The summed E-state index contributed by atoms with van der Waals surface area (Å²) in [6.45, 7) is -1.20. The standard InChI is InChI=1S/2C10H10F2O3S/c1-8(16(13,14)15-10(11)12)7-9-5-3-2-4-6-9;1-7(16(13,14)15)9(10(11)12)8-5-3-2-4-6-8/h2-7,10H,1H3;2-6,10H,1H3,(H,13,14,15)/b;9-7+. The van der Waals surface area contributed by atoms with E-state index in [1.54, 1.807) is 36.4 Å². The monoisotopic (exact) mass is 496 g/mol. The second-order valence-corrected chi connectivity index (χ2v) is 9.40. The van der Waals surface area contributed by atoms with Gasteiger partial charge >= 0.3 is 6.61 Å². The van der Waals surface area contributed by atoms with Gasteiger partial charge in [0.2, 0.25) is 0 Å². The smallest absolute Gasteiger partial charge is 0.282 e. The molecule has 2 aromatic carbocycles. The number of alkyl halides is 4. The molecule has 0 amide bonds. The summed E-state index contributed by atoms with van der Waals surface area (Å²) in [4.78, 5) is -0.993. The summed E-state index contributed by atoms with van der Waals surface area (Å²) in [6.07, 6.45) is -1.71. The van der Waals surface area contributed by atoms with Crippen molar-refractivity contribution in [2.75, 3.05) is 0 Å². The molecule has 1 N–H and O–H groups in total. The van der Waals surface area contributed by atoms with E-state index in [1.807, 2.05) is 0 Å². The van der Waals surface area contributed by atoms with Gasteiger partial charge in [-0.25, -0.2) is 8.78 Å². The van der Waals surface area contributed by atoms with Crippen LogP contribution in [0, 0.1) is 0 Å². The third kappa shape index (κ3) is 8.91. The Labute approximate surface area is 183 Å². The molecule has 0 spiro atoms. The van der Waals surface area contributed by atoms with Crippen molar-refractivity contribution in [3.63, 3.8) is 0 Å². The minimum absolute atomic E-state index is 0.0765. The van der Waals surface area contributed by atoms with Crippen molar-refractivity contribution in [2.45, 2.75) is 26.9 Å². The van der Waals surface area contributed by atoms with Crippen LogP contribution in [0.4, 0.5) is 17.6 Å². The predicted molar refractivity (Wildman–Crippen MR) is 113 cm³/mol. The summed E-state index contributed by atoms with van der Waals surface area (Å²) in [6, 6.07) is 15.8. The molecule has 6 nitrogen and oxygen atoms in total. The van der Waals surface area contributed by atoms with E-state index in [9.17, 15) is 34.4 Å². The molecular formula is C20H20F4O6S2. The molecule has 0 unspecified atom stereocenters. The summed E-state index contributed by atoms with van der Waals surface area (Å²) in [5, 5.41) is 0. The largest absolute Gasteiger partial charge is 0.359 e. The Bertz CT molecular complexity index is 1150. The van der Waals surface area contributed by atoms with E-state index in [0.29, 0.717) is 5.56 Å². The van der Waals surface area contributed by atoms with Gasteiger partial charge in [0.05, 0.1) is 9.81 Å². The average molecular weight is 497 g/mol. The van der Waals surface area contributed by atoms with Gasteiger partial charge in [-0.2, -0.15) is 29.8 Å². The maximum absolute atomic E-state index is 12.7. The van der Waals surface area contributed by atoms with Gasteiger partial charge in [-0.15, -0.1) is 0 Å². The Morgan fingerprint density at radius 3 is 1.75 bits per heavy atom. The molecule has 0 radical (unpaired) electrons. The lowest BCUT2D eigenvalue weighted by Gasteiger charge is -2.09. The highest BCUT2D eigenvalue weighted by molar-refractivity contribution is 7.90. The fraction of sp³-hybridized carbons (Fsp3) is 0.200. The summed E-state index contributed by atoms with van der Waals surface area (Å²) in [5.41, 5.74) is -0.00262. The summed E-state index contributed by atoms with van der Waals surface area (Å²) in [7, 11) is -8.94. The van der Waals surface area contributed by atoms with Crippen LogP contribution >= 0.6 is 0 Å². The summed E-state index contributed by atoms with van der Waals surface area (Å²) < 4.78 is 105. The molecule has 0 aliphatic rings. The Kier molecular flexibility index (Phi) is 10.2. The van der Waals surface area contributed by atoms with Crippen molar-refractivity contribution in [1.29, 1.82) is 0 Å². The van der Waals surface area contributed by atoms with Crippen LogP contribution < -0.4 is 0 Å². The number of halogens is 4. The minimum Gasteiger partial charge on any atom is -0.282 e. The number of hydrogen-bond acceptors (Lipinski definition) is 5. The van der Waals surface area contributed by atoms with Crippen LogP contribution in [0.1, 0.15) is 25.0 Å². The minimum atomic E-state index is -4.60. The molecule has 12 heteroatoms. The average Bonchev–Trinajstić information content (AvgIpc) is 2.68. The summed E-state index contributed by atoms with van der Waals surface area (Å²) >= 11 is 0. The highest BCUT2D eigenvalue weighted by Gasteiger charge is 2.23. The SMILES string of the molecule is C/C(=C(/c1ccccc1)C(F)F)S(=O)(=O)O.CC(=Cc1ccccc1)S(=O)(=O)OC(F)F. The van der Waals surface area contributed by atoms with Crippen LogP contribution in [-0.4, -0.2) is 34.4 Å². The molecule has 0 aromatic heterocycles. The van der Waals surface area contributed by atoms with Crippen molar-refractivity contribution in [3.8, 4) is 0 Å². The van der Waals surface area contributed by atoms with Crippen LogP contribution in [0.25, 0.3) is 11.6 Å². The van der Waals surface area contributed by atoms with Crippen molar-refractivity contribution in [3.05, 3.63) is 81.6 Å². The van der Waals surface area contributed by atoms with E-state index >= 15 is 0 Å². The van der Waals surface area contributed by atoms with E-state index in [4.69, 9.17) is 4.55 Å². The molecule has 0 heterocycles. The second-order valence-electron chi connectivity index (χ2n) is 6.09. The van der Waals surface area contributed by atoms with Crippen molar-refractivity contribution >= 4 is 31.9 Å². The number of benzene rings is 2. The van der Waals surface area contributed by atoms with Crippen molar-refractivity contribution in [2.24, 2.45) is 0 Å². The van der Waals surface area contributed by atoms with Gasteiger partial charge in [0.15, 0.2) is 0 Å². The number of rotatable bonds is 7. The van der Waals surface area contributed by atoms with Gasteiger partial charge in [0.1, 0.15) is 0 Å². The Morgan fingerprint density at radius 2 is 1.34 bits per heavy atom. The second kappa shape index (κ2) is 11.9. The van der Waals surface area contributed by atoms with Crippen molar-refractivity contribution in [1.82, 2.24) is 0 Å². The molecule has 0 bridgehead atoms.